The molecule has 94 valence electrons. The van der Waals surface area contributed by atoms with Gasteiger partial charge in [-0.1, -0.05) is 15.9 Å². The Balaban J connectivity index is 2.06. The lowest BCUT2D eigenvalue weighted by molar-refractivity contribution is 0.354. The van der Waals surface area contributed by atoms with Crippen LogP contribution in [0.2, 0.25) is 0 Å². The van der Waals surface area contributed by atoms with Gasteiger partial charge in [0.15, 0.2) is 0 Å². The van der Waals surface area contributed by atoms with Gasteiger partial charge in [0.2, 0.25) is 0 Å². The van der Waals surface area contributed by atoms with Crippen molar-refractivity contribution in [1.29, 1.82) is 0 Å². The van der Waals surface area contributed by atoms with E-state index in [1.54, 1.807) is 0 Å². The molecule has 0 radical (unpaired) electrons. The highest BCUT2D eigenvalue weighted by molar-refractivity contribution is 14.1. The lowest BCUT2D eigenvalue weighted by atomic mass is 10.0. The second-order valence-electron chi connectivity index (χ2n) is 4.39. The average molecular weight is 435 g/mol. The third-order valence-corrected chi connectivity index (χ3v) is 6.04. The maximum Gasteiger partial charge on any atom is 0.127 e. The number of ether oxygens (including phenoxy) is 1. The number of benzene rings is 1. The van der Waals surface area contributed by atoms with Crippen LogP contribution in [0.1, 0.15) is 25.7 Å². The smallest absolute Gasteiger partial charge is 0.127 e. The molecule has 1 aliphatic rings. The summed E-state index contributed by atoms with van der Waals surface area (Å²) in [5.41, 5.74) is 2.60. The van der Waals surface area contributed by atoms with Crippen LogP contribution < -0.4 is 4.74 Å². The van der Waals surface area contributed by atoms with Gasteiger partial charge in [0.1, 0.15) is 5.75 Å². The van der Waals surface area contributed by atoms with Crippen LogP contribution in [0.15, 0.2) is 24.3 Å². The van der Waals surface area contributed by atoms with E-state index in [0.717, 1.165) is 18.8 Å². The fourth-order valence-corrected chi connectivity index (χ4v) is 4.59. The van der Waals surface area contributed by atoms with Crippen molar-refractivity contribution < 1.29 is 4.74 Å². The normalized spacial score (nSPS) is 15.3. The molecule has 0 saturated carbocycles. The lowest BCUT2D eigenvalue weighted by Crippen LogP contribution is -1.96. The topological polar surface area (TPSA) is 9.23 Å². The molecular formula is C14H12BrIOS. The molecule has 0 saturated heterocycles. The predicted molar refractivity (Wildman–Crippen MR) is 88.2 cm³/mol. The van der Waals surface area contributed by atoms with E-state index in [-0.39, 0.29) is 4.83 Å². The molecule has 4 heteroatoms. The molecule has 2 aromatic rings. The standard InChI is InChI=1S/C14H12BrIOS/c1-8-2-3-12(18-8)13(15)11-7-10(16)6-9-4-5-17-14(9)11/h2-3,6-7,13H,4-5H2,1H3. The molecule has 1 nitrogen and oxygen atoms in total. The van der Waals surface area contributed by atoms with Crippen LogP contribution in [-0.4, -0.2) is 6.61 Å². The minimum absolute atomic E-state index is 0.234. The highest BCUT2D eigenvalue weighted by Gasteiger charge is 2.23. The van der Waals surface area contributed by atoms with Crippen molar-refractivity contribution in [3.63, 3.8) is 0 Å². The Morgan fingerprint density at radius 1 is 1.39 bits per heavy atom. The molecule has 1 aliphatic heterocycles. The Hall–Kier alpha value is -0.0700. The molecule has 1 unspecified atom stereocenters. The van der Waals surface area contributed by atoms with Gasteiger partial charge in [-0.25, -0.2) is 0 Å². The minimum Gasteiger partial charge on any atom is -0.493 e. The van der Waals surface area contributed by atoms with E-state index in [1.165, 1.54) is 24.5 Å². The third-order valence-electron chi connectivity index (χ3n) is 3.06. The van der Waals surface area contributed by atoms with Gasteiger partial charge < -0.3 is 4.74 Å². The SMILES string of the molecule is Cc1ccc(C(Br)c2cc(I)cc3c2OCC3)s1. The number of alkyl halides is 1. The summed E-state index contributed by atoms with van der Waals surface area (Å²) >= 11 is 8.04. The van der Waals surface area contributed by atoms with E-state index >= 15 is 0 Å². The largest absolute Gasteiger partial charge is 0.493 e. The van der Waals surface area contributed by atoms with E-state index in [1.807, 2.05) is 11.3 Å². The van der Waals surface area contributed by atoms with Crippen LogP contribution in [0.3, 0.4) is 0 Å². The number of aryl methyl sites for hydroxylation is 1. The van der Waals surface area contributed by atoms with E-state index in [9.17, 15) is 0 Å². The van der Waals surface area contributed by atoms with Crippen LogP contribution >= 0.6 is 49.9 Å². The van der Waals surface area contributed by atoms with Crippen LogP contribution in [0, 0.1) is 10.5 Å². The minimum atomic E-state index is 0.234. The summed E-state index contributed by atoms with van der Waals surface area (Å²) in [7, 11) is 0. The van der Waals surface area contributed by atoms with Crippen LogP contribution in [0.5, 0.6) is 5.75 Å². The summed E-state index contributed by atoms with van der Waals surface area (Å²) in [5, 5.41) is 0. The highest BCUT2D eigenvalue weighted by Crippen LogP contribution is 2.43. The van der Waals surface area contributed by atoms with Crippen LogP contribution in [0.4, 0.5) is 0 Å². The Labute approximate surface area is 133 Å². The van der Waals surface area contributed by atoms with E-state index in [0.29, 0.717) is 0 Å². The molecule has 0 bridgehead atoms. The number of hydrogen-bond acceptors (Lipinski definition) is 2. The van der Waals surface area contributed by atoms with Crippen molar-refractivity contribution in [3.05, 3.63) is 48.7 Å². The van der Waals surface area contributed by atoms with Crippen molar-refractivity contribution >= 4 is 49.9 Å². The van der Waals surface area contributed by atoms with Crippen molar-refractivity contribution in [3.8, 4) is 5.75 Å². The quantitative estimate of drug-likeness (QED) is 0.473. The van der Waals surface area contributed by atoms with Gasteiger partial charge >= 0.3 is 0 Å². The van der Waals surface area contributed by atoms with Gasteiger partial charge in [-0.2, -0.15) is 0 Å². The number of thiophene rings is 1. The van der Waals surface area contributed by atoms with Crippen LogP contribution in [0.25, 0.3) is 0 Å². The Bertz CT molecular complexity index is 593. The lowest BCUT2D eigenvalue weighted by Gasteiger charge is -2.13. The maximum atomic E-state index is 5.81. The highest BCUT2D eigenvalue weighted by atomic mass is 127. The zero-order chi connectivity index (χ0) is 12.7. The summed E-state index contributed by atoms with van der Waals surface area (Å²) in [5.74, 6) is 1.09. The summed E-state index contributed by atoms with van der Waals surface area (Å²) in [6, 6.07) is 8.81. The Morgan fingerprint density at radius 2 is 2.22 bits per heavy atom. The van der Waals surface area contributed by atoms with Crippen molar-refractivity contribution in [2.75, 3.05) is 6.61 Å². The van der Waals surface area contributed by atoms with Crippen molar-refractivity contribution in [1.82, 2.24) is 0 Å². The first-order valence-corrected chi connectivity index (χ1v) is 8.62. The first-order chi connectivity index (χ1) is 8.65. The first kappa shape index (κ1) is 12.9. The van der Waals surface area contributed by atoms with Gasteiger partial charge in [-0.3, -0.25) is 0 Å². The third kappa shape index (κ3) is 2.34. The van der Waals surface area contributed by atoms with E-state index in [4.69, 9.17) is 4.74 Å². The average Bonchev–Trinajstić information content (AvgIpc) is 2.95. The number of hydrogen-bond donors (Lipinski definition) is 0. The zero-order valence-corrected chi connectivity index (χ0v) is 14.4. The predicted octanol–water partition coefficient (Wildman–Crippen LogP) is 5.08. The molecule has 0 spiro atoms. The summed E-state index contributed by atoms with van der Waals surface area (Å²) in [6.45, 7) is 2.95. The van der Waals surface area contributed by atoms with Crippen molar-refractivity contribution in [2.24, 2.45) is 0 Å². The molecule has 3 rings (SSSR count). The molecule has 1 aromatic heterocycles. The summed E-state index contributed by atoms with van der Waals surface area (Å²) in [4.78, 5) is 2.92. The second-order valence-corrected chi connectivity index (χ2v) is 7.87. The van der Waals surface area contributed by atoms with Gasteiger partial charge in [0.05, 0.1) is 11.4 Å². The fraction of sp³-hybridized carbons (Fsp3) is 0.286. The molecule has 2 heterocycles. The molecule has 1 aromatic carbocycles. The monoisotopic (exact) mass is 434 g/mol. The maximum absolute atomic E-state index is 5.81. The molecule has 0 aliphatic carbocycles. The molecule has 18 heavy (non-hydrogen) atoms. The second kappa shape index (κ2) is 5.13. The van der Waals surface area contributed by atoms with Gasteiger partial charge in [0.25, 0.3) is 0 Å². The first-order valence-electron chi connectivity index (χ1n) is 5.80. The number of rotatable bonds is 2. The van der Waals surface area contributed by atoms with Gasteiger partial charge in [-0.15, -0.1) is 11.3 Å². The van der Waals surface area contributed by atoms with Crippen molar-refractivity contribution in [2.45, 2.75) is 18.2 Å². The summed E-state index contributed by atoms with van der Waals surface area (Å²) in [6.07, 6.45) is 1.03. The molecule has 0 fully saturated rings. The van der Waals surface area contributed by atoms with Crippen LogP contribution in [-0.2, 0) is 6.42 Å². The van der Waals surface area contributed by atoms with Gasteiger partial charge in [0, 0.05) is 25.3 Å². The molecular weight excluding hydrogens is 423 g/mol. The summed E-state index contributed by atoms with van der Waals surface area (Å²) < 4.78 is 7.09. The number of halogens is 2. The molecule has 0 N–H and O–H groups in total. The zero-order valence-electron chi connectivity index (χ0n) is 9.87. The van der Waals surface area contributed by atoms with E-state index < -0.39 is 0 Å². The number of fused-ring (bicyclic) bond motifs is 1. The van der Waals surface area contributed by atoms with E-state index in [2.05, 4.69) is 69.7 Å². The molecule has 0 amide bonds. The Morgan fingerprint density at radius 3 is 2.94 bits per heavy atom. The van der Waals surface area contributed by atoms with Gasteiger partial charge in [-0.05, 0) is 59.3 Å². The Kier molecular flexibility index (Phi) is 3.69. The molecule has 1 atom stereocenters. The fourth-order valence-electron chi connectivity index (χ4n) is 2.23.